The molecule has 0 fully saturated rings. The van der Waals surface area contributed by atoms with E-state index in [9.17, 15) is 8.42 Å². The van der Waals surface area contributed by atoms with Gasteiger partial charge in [0.15, 0.2) is 0 Å². The van der Waals surface area contributed by atoms with Gasteiger partial charge in [0.2, 0.25) is 10.0 Å². The molecule has 104 valence electrons. The van der Waals surface area contributed by atoms with E-state index in [0.29, 0.717) is 3.79 Å². The van der Waals surface area contributed by atoms with Crippen LogP contribution in [-0.4, -0.2) is 20.5 Å². The SMILES string of the molecule is CC(C)C(C)(CN)NS(=O)(=O)c1cc(Br)sc1Br. The molecule has 8 heteroatoms. The largest absolute Gasteiger partial charge is 0.329 e. The van der Waals surface area contributed by atoms with Crippen LogP contribution < -0.4 is 10.5 Å². The maximum Gasteiger partial charge on any atom is 0.243 e. The third-order valence-electron chi connectivity index (χ3n) is 2.98. The molecule has 18 heavy (non-hydrogen) atoms. The molecule has 0 radical (unpaired) electrons. The summed E-state index contributed by atoms with van der Waals surface area (Å²) < 4.78 is 28.7. The van der Waals surface area contributed by atoms with Gasteiger partial charge in [0.25, 0.3) is 0 Å². The Hall–Kier alpha value is 0.530. The summed E-state index contributed by atoms with van der Waals surface area (Å²) in [7, 11) is -3.58. The highest BCUT2D eigenvalue weighted by Gasteiger charge is 2.33. The Morgan fingerprint density at radius 1 is 1.50 bits per heavy atom. The molecular weight excluding hydrogens is 404 g/mol. The molecule has 0 saturated carbocycles. The van der Waals surface area contributed by atoms with Crippen LogP contribution in [0.15, 0.2) is 18.5 Å². The van der Waals surface area contributed by atoms with Crippen molar-refractivity contribution in [3.63, 3.8) is 0 Å². The predicted molar refractivity (Wildman–Crippen MR) is 82.3 cm³/mol. The predicted octanol–water partition coefficient (Wildman–Crippen LogP) is 2.92. The van der Waals surface area contributed by atoms with Gasteiger partial charge in [-0.1, -0.05) is 13.8 Å². The first-order valence-corrected chi connectivity index (χ1v) is 9.20. The first kappa shape index (κ1) is 16.6. The van der Waals surface area contributed by atoms with E-state index in [0.717, 1.165) is 3.79 Å². The summed E-state index contributed by atoms with van der Waals surface area (Å²) in [5.41, 5.74) is 5.03. The van der Waals surface area contributed by atoms with Crippen molar-refractivity contribution in [1.29, 1.82) is 0 Å². The van der Waals surface area contributed by atoms with Crippen molar-refractivity contribution in [3.8, 4) is 0 Å². The van der Waals surface area contributed by atoms with E-state index in [-0.39, 0.29) is 17.4 Å². The van der Waals surface area contributed by atoms with Gasteiger partial charge < -0.3 is 5.73 Å². The van der Waals surface area contributed by atoms with Gasteiger partial charge in [-0.2, -0.15) is 0 Å². The van der Waals surface area contributed by atoms with Crippen molar-refractivity contribution in [2.75, 3.05) is 6.54 Å². The van der Waals surface area contributed by atoms with Gasteiger partial charge in [-0.05, 0) is 50.8 Å². The minimum atomic E-state index is -3.58. The summed E-state index contributed by atoms with van der Waals surface area (Å²) >= 11 is 7.85. The fourth-order valence-electron chi connectivity index (χ4n) is 1.27. The molecule has 0 saturated heterocycles. The number of rotatable bonds is 5. The minimum absolute atomic E-state index is 0.0955. The van der Waals surface area contributed by atoms with E-state index >= 15 is 0 Å². The average Bonchev–Trinajstić information content (AvgIpc) is 2.57. The lowest BCUT2D eigenvalue weighted by atomic mass is 9.90. The zero-order valence-electron chi connectivity index (χ0n) is 10.3. The quantitative estimate of drug-likeness (QED) is 0.770. The zero-order valence-corrected chi connectivity index (χ0v) is 15.1. The summed E-state index contributed by atoms with van der Waals surface area (Å²) in [6.45, 7) is 5.93. The molecule has 1 aromatic heterocycles. The normalized spacial score (nSPS) is 15.9. The molecule has 0 aliphatic carbocycles. The number of hydrogen-bond acceptors (Lipinski definition) is 4. The Morgan fingerprint density at radius 3 is 2.39 bits per heavy atom. The van der Waals surface area contributed by atoms with Crippen molar-refractivity contribution < 1.29 is 8.42 Å². The maximum absolute atomic E-state index is 12.3. The molecule has 0 amide bonds. The van der Waals surface area contributed by atoms with Gasteiger partial charge >= 0.3 is 0 Å². The molecule has 1 aromatic rings. The van der Waals surface area contributed by atoms with Crippen molar-refractivity contribution in [2.24, 2.45) is 11.7 Å². The lowest BCUT2D eigenvalue weighted by Crippen LogP contribution is -2.54. The number of halogens is 2. The molecule has 0 aromatic carbocycles. The van der Waals surface area contributed by atoms with Crippen molar-refractivity contribution in [1.82, 2.24) is 4.72 Å². The molecule has 1 atom stereocenters. The Bertz CT molecular complexity index is 528. The first-order valence-electron chi connectivity index (χ1n) is 5.31. The number of hydrogen-bond donors (Lipinski definition) is 2. The van der Waals surface area contributed by atoms with E-state index in [1.165, 1.54) is 11.3 Å². The van der Waals surface area contributed by atoms with Crippen LogP contribution in [0.2, 0.25) is 0 Å². The second-order valence-corrected chi connectivity index (χ2v) is 9.97. The first-order chi connectivity index (χ1) is 8.12. The summed E-state index contributed by atoms with van der Waals surface area (Å²) in [5.74, 6) is 0.0955. The second-order valence-electron chi connectivity index (χ2n) is 4.57. The lowest BCUT2D eigenvalue weighted by Gasteiger charge is -2.32. The Balaban J connectivity index is 3.13. The van der Waals surface area contributed by atoms with E-state index in [4.69, 9.17) is 5.73 Å². The van der Waals surface area contributed by atoms with Crippen molar-refractivity contribution in [2.45, 2.75) is 31.2 Å². The van der Waals surface area contributed by atoms with E-state index < -0.39 is 15.6 Å². The van der Waals surface area contributed by atoms with E-state index in [2.05, 4.69) is 36.6 Å². The molecular formula is C10H16Br2N2O2S2. The van der Waals surface area contributed by atoms with Crippen molar-refractivity contribution in [3.05, 3.63) is 13.6 Å². The highest BCUT2D eigenvalue weighted by molar-refractivity contribution is 9.12. The fraction of sp³-hybridized carbons (Fsp3) is 0.600. The summed E-state index contributed by atoms with van der Waals surface area (Å²) in [5, 5.41) is 0. The Kier molecular flexibility index (Phi) is 5.42. The van der Waals surface area contributed by atoms with Crippen LogP contribution in [0.25, 0.3) is 0 Å². The number of thiophene rings is 1. The van der Waals surface area contributed by atoms with Crippen molar-refractivity contribution >= 4 is 53.2 Å². The summed E-state index contributed by atoms with van der Waals surface area (Å²) in [6, 6.07) is 1.58. The second kappa shape index (κ2) is 5.88. The van der Waals surface area contributed by atoms with Gasteiger partial charge in [0.1, 0.15) is 4.90 Å². The molecule has 0 aliphatic heterocycles. The third kappa shape index (κ3) is 3.55. The molecule has 0 aliphatic rings. The highest BCUT2D eigenvalue weighted by atomic mass is 79.9. The third-order valence-corrected chi connectivity index (χ3v) is 7.35. The van der Waals surface area contributed by atoms with E-state index in [1.54, 1.807) is 6.07 Å². The maximum atomic E-state index is 12.3. The number of sulfonamides is 1. The van der Waals surface area contributed by atoms with Crippen LogP contribution in [0, 0.1) is 5.92 Å². The Morgan fingerprint density at radius 2 is 2.06 bits per heavy atom. The fourth-order valence-corrected chi connectivity index (χ4v) is 6.62. The minimum Gasteiger partial charge on any atom is -0.329 e. The van der Waals surface area contributed by atoms with Gasteiger partial charge in [-0.15, -0.1) is 11.3 Å². The number of nitrogens with two attached hydrogens (primary N) is 1. The molecule has 1 heterocycles. The molecule has 0 bridgehead atoms. The van der Waals surface area contributed by atoms with E-state index in [1.807, 2.05) is 20.8 Å². The van der Waals surface area contributed by atoms with Crippen LogP contribution in [0.3, 0.4) is 0 Å². The smallest absolute Gasteiger partial charge is 0.243 e. The van der Waals surface area contributed by atoms with Crippen LogP contribution in [0.1, 0.15) is 20.8 Å². The summed E-state index contributed by atoms with van der Waals surface area (Å²) in [6.07, 6.45) is 0. The van der Waals surface area contributed by atoms with Crippen LogP contribution in [0.4, 0.5) is 0 Å². The molecule has 0 spiro atoms. The standard InChI is InChI=1S/C10H16Br2N2O2S2/c1-6(2)10(3,5-13)14-18(15,16)7-4-8(11)17-9(7)12/h4,6,14H,5,13H2,1-3H3. The average molecular weight is 420 g/mol. The van der Waals surface area contributed by atoms with Gasteiger partial charge in [0.05, 0.1) is 7.57 Å². The molecule has 3 N–H and O–H groups in total. The lowest BCUT2D eigenvalue weighted by molar-refractivity contribution is 0.315. The molecule has 1 unspecified atom stereocenters. The topological polar surface area (TPSA) is 72.2 Å². The Labute approximate surface area is 129 Å². The number of nitrogens with one attached hydrogen (secondary N) is 1. The molecule has 1 rings (SSSR count). The zero-order chi connectivity index (χ0) is 14.1. The highest BCUT2D eigenvalue weighted by Crippen LogP contribution is 2.35. The van der Waals surface area contributed by atoms with Crippen LogP contribution >= 0.6 is 43.2 Å². The summed E-state index contributed by atoms with van der Waals surface area (Å²) in [4.78, 5) is 0.236. The van der Waals surface area contributed by atoms with Gasteiger partial charge in [-0.3, -0.25) is 0 Å². The van der Waals surface area contributed by atoms with Crippen LogP contribution in [-0.2, 0) is 10.0 Å². The monoisotopic (exact) mass is 418 g/mol. The van der Waals surface area contributed by atoms with Gasteiger partial charge in [0, 0.05) is 12.1 Å². The van der Waals surface area contributed by atoms with Crippen LogP contribution in [0.5, 0.6) is 0 Å². The van der Waals surface area contributed by atoms with Gasteiger partial charge in [-0.25, -0.2) is 13.1 Å². The molecule has 4 nitrogen and oxygen atoms in total.